The zero-order chi connectivity index (χ0) is 14.8. The van der Waals surface area contributed by atoms with Crippen molar-refractivity contribution in [1.29, 1.82) is 0 Å². The number of hydrogen-bond acceptors (Lipinski definition) is 4. The summed E-state index contributed by atoms with van der Waals surface area (Å²) >= 11 is 0. The number of aliphatic imine (C=N–C) groups is 1. The quantitative estimate of drug-likeness (QED) is 0.432. The lowest BCUT2D eigenvalue weighted by atomic mass is 10.1. The molecule has 0 unspecified atom stereocenters. The van der Waals surface area contributed by atoms with Gasteiger partial charge in [0.1, 0.15) is 0 Å². The molecule has 0 aliphatic heterocycles. The average Bonchev–Trinajstić information content (AvgIpc) is 2.80. The molecule has 2 N–H and O–H groups in total. The summed E-state index contributed by atoms with van der Waals surface area (Å²) in [6.07, 6.45) is 3.04. The molecule has 1 rings (SSSR count). The van der Waals surface area contributed by atoms with Crippen molar-refractivity contribution in [2.45, 2.75) is 47.0 Å². The Morgan fingerprint density at radius 1 is 1.35 bits per heavy atom. The van der Waals surface area contributed by atoms with E-state index >= 15 is 0 Å². The fourth-order valence-electron chi connectivity index (χ4n) is 1.76. The van der Waals surface area contributed by atoms with Gasteiger partial charge in [0.05, 0.1) is 0 Å². The molecule has 0 amide bonds. The van der Waals surface area contributed by atoms with Crippen molar-refractivity contribution in [3.63, 3.8) is 0 Å². The SMILES string of the molecule is CCNC(=NCCCC(C)C)NCCc1nc(C)no1. The molecule has 1 aromatic rings. The molecule has 0 saturated heterocycles. The van der Waals surface area contributed by atoms with E-state index in [1.807, 2.05) is 6.92 Å². The van der Waals surface area contributed by atoms with Crippen molar-refractivity contribution in [2.24, 2.45) is 10.9 Å². The second-order valence-corrected chi connectivity index (χ2v) is 5.21. The monoisotopic (exact) mass is 281 g/mol. The third-order valence-electron chi connectivity index (χ3n) is 2.75. The first-order valence-corrected chi connectivity index (χ1v) is 7.43. The summed E-state index contributed by atoms with van der Waals surface area (Å²) in [7, 11) is 0. The molecule has 0 atom stereocenters. The summed E-state index contributed by atoms with van der Waals surface area (Å²) in [5.74, 6) is 2.92. The first-order chi connectivity index (χ1) is 9.61. The van der Waals surface area contributed by atoms with E-state index in [0.717, 1.165) is 37.9 Å². The molecular weight excluding hydrogens is 254 g/mol. The number of aromatic nitrogens is 2. The van der Waals surface area contributed by atoms with E-state index in [0.29, 0.717) is 18.1 Å². The van der Waals surface area contributed by atoms with Gasteiger partial charge in [-0.05, 0) is 32.6 Å². The van der Waals surface area contributed by atoms with E-state index in [2.05, 4.69) is 46.5 Å². The Bertz CT molecular complexity index is 400. The molecule has 0 bridgehead atoms. The topological polar surface area (TPSA) is 75.3 Å². The highest BCUT2D eigenvalue weighted by Crippen LogP contribution is 2.02. The van der Waals surface area contributed by atoms with Gasteiger partial charge in [0.2, 0.25) is 5.89 Å². The van der Waals surface area contributed by atoms with Crippen LogP contribution in [0.2, 0.25) is 0 Å². The van der Waals surface area contributed by atoms with Crippen LogP contribution in [0.25, 0.3) is 0 Å². The van der Waals surface area contributed by atoms with Crippen LogP contribution in [-0.4, -0.2) is 35.7 Å². The molecule has 0 fully saturated rings. The van der Waals surface area contributed by atoms with Crippen LogP contribution < -0.4 is 10.6 Å². The summed E-state index contributed by atoms with van der Waals surface area (Å²) in [5.41, 5.74) is 0. The average molecular weight is 281 g/mol. The van der Waals surface area contributed by atoms with Crippen molar-refractivity contribution in [1.82, 2.24) is 20.8 Å². The van der Waals surface area contributed by atoms with Crippen molar-refractivity contribution in [3.05, 3.63) is 11.7 Å². The van der Waals surface area contributed by atoms with Gasteiger partial charge in [-0.25, -0.2) is 0 Å². The van der Waals surface area contributed by atoms with E-state index in [-0.39, 0.29) is 0 Å². The van der Waals surface area contributed by atoms with Crippen LogP contribution in [0.4, 0.5) is 0 Å². The lowest BCUT2D eigenvalue weighted by molar-refractivity contribution is 0.374. The van der Waals surface area contributed by atoms with Gasteiger partial charge >= 0.3 is 0 Å². The van der Waals surface area contributed by atoms with E-state index in [1.54, 1.807) is 0 Å². The lowest BCUT2D eigenvalue weighted by Crippen LogP contribution is -2.38. The summed E-state index contributed by atoms with van der Waals surface area (Å²) in [6.45, 7) is 10.8. The number of nitrogens with zero attached hydrogens (tertiary/aromatic N) is 3. The van der Waals surface area contributed by atoms with E-state index in [4.69, 9.17) is 4.52 Å². The predicted molar refractivity (Wildman–Crippen MR) is 80.8 cm³/mol. The van der Waals surface area contributed by atoms with Gasteiger partial charge < -0.3 is 15.2 Å². The third-order valence-corrected chi connectivity index (χ3v) is 2.75. The van der Waals surface area contributed by atoms with Gasteiger partial charge in [-0.1, -0.05) is 19.0 Å². The largest absolute Gasteiger partial charge is 0.357 e. The molecular formula is C14H27N5O. The minimum atomic E-state index is 0.658. The lowest BCUT2D eigenvalue weighted by Gasteiger charge is -2.10. The molecule has 6 heteroatoms. The van der Waals surface area contributed by atoms with Crippen molar-refractivity contribution < 1.29 is 4.52 Å². The molecule has 6 nitrogen and oxygen atoms in total. The van der Waals surface area contributed by atoms with E-state index in [1.165, 1.54) is 6.42 Å². The predicted octanol–water partition coefficient (Wildman–Crippen LogP) is 1.91. The summed E-state index contributed by atoms with van der Waals surface area (Å²) in [4.78, 5) is 8.72. The molecule has 0 spiro atoms. The highest BCUT2D eigenvalue weighted by atomic mass is 16.5. The van der Waals surface area contributed by atoms with Crippen molar-refractivity contribution in [2.75, 3.05) is 19.6 Å². The van der Waals surface area contributed by atoms with Gasteiger partial charge in [-0.3, -0.25) is 4.99 Å². The summed E-state index contributed by atoms with van der Waals surface area (Å²) in [6, 6.07) is 0. The Hall–Kier alpha value is -1.59. The van der Waals surface area contributed by atoms with Gasteiger partial charge in [0.25, 0.3) is 0 Å². The first-order valence-electron chi connectivity index (χ1n) is 7.43. The number of nitrogens with one attached hydrogen (secondary N) is 2. The maximum absolute atomic E-state index is 5.07. The summed E-state index contributed by atoms with van der Waals surface area (Å²) < 4.78 is 5.07. The molecule has 0 aliphatic rings. The molecule has 0 radical (unpaired) electrons. The first kappa shape index (κ1) is 16.5. The van der Waals surface area contributed by atoms with Gasteiger partial charge in [0, 0.05) is 26.1 Å². The minimum Gasteiger partial charge on any atom is -0.357 e. The normalized spacial score (nSPS) is 11.9. The third kappa shape index (κ3) is 7.11. The molecule has 114 valence electrons. The van der Waals surface area contributed by atoms with Crippen LogP contribution in [-0.2, 0) is 6.42 Å². The Kier molecular flexibility index (Phi) is 7.69. The van der Waals surface area contributed by atoms with Crippen LogP contribution >= 0.6 is 0 Å². The molecule has 1 aromatic heterocycles. The fraction of sp³-hybridized carbons (Fsp3) is 0.786. The Morgan fingerprint density at radius 2 is 2.15 bits per heavy atom. The maximum atomic E-state index is 5.07. The number of guanidine groups is 1. The van der Waals surface area contributed by atoms with Gasteiger partial charge in [0.15, 0.2) is 11.8 Å². The maximum Gasteiger partial charge on any atom is 0.228 e. The molecule has 0 aromatic carbocycles. The molecule has 1 heterocycles. The highest BCUT2D eigenvalue weighted by Gasteiger charge is 2.03. The molecule has 20 heavy (non-hydrogen) atoms. The van der Waals surface area contributed by atoms with E-state index in [9.17, 15) is 0 Å². The van der Waals surface area contributed by atoms with Gasteiger partial charge in [-0.2, -0.15) is 4.98 Å². The van der Waals surface area contributed by atoms with Crippen LogP contribution in [0.3, 0.4) is 0 Å². The fourth-order valence-corrected chi connectivity index (χ4v) is 1.76. The number of aryl methyl sites for hydroxylation is 1. The standard InChI is InChI=1S/C14H27N5O/c1-5-15-14(16-9-6-7-11(2)3)17-10-8-13-18-12(4)19-20-13/h11H,5-10H2,1-4H3,(H2,15,16,17). The highest BCUT2D eigenvalue weighted by molar-refractivity contribution is 5.79. The van der Waals surface area contributed by atoms with Crippen molar-refractivity contribution in [3.8, 4) is 0 Å². The number of hydrogen-bond donors (Lipinski definition) is 2. The second-order valence-electron chi connectivity index (χ2n) is 5.21. The van der Waals surface area contributed by atoms with Gasteiger partial charge in [-0.15, -0.1) is 0 Å². The summed E-state index contributed by atoms with van der Waals surface area (Å²) in [5, 5.41) is 10.3. The number of rotatable bonds is 8. The van der Waals surface area contributed by atoms with Crippen molar-refractivity contribution >= 4 is 5.96 Å². The molecule has 0 saturated carbocycles. The molecule has 0 aliphatic carbocycles. The second kappa shape index (κ2) is 9.34. The van der Waals surface area contributed by atoms with Crippen LogP contribution in [0, 0.1) is 12.8 Å². The van der Waals surface area contributed by atoms with Crippen LogP contribution in [0.15, 0.2) is 9.52 Å². The zero-order valence-electron chi connectivity index (χ0n) is 13.1. The zero-order valence-corrected chi connectivity index (χ0v) is 13.1. The van der Waals surface area contributed by atoms with Crippen LogP contribution in [0.5, 0.6) is 0 Å². The Morgan fingerprint density at radius 3 is 2.75 bits per heavy atom. The Balaban J connectivity index is 2.28. The van der Waals surface area contributed by atoms with E-state index < -0.39 is 0 Å². The smallest absolute Gasteiger partial charge is 0.228 e. The Labute approximate surface area is 121 Å². The van der Waals surface area contributed by atoms with Crippen LogP contribution in [0.1, 0.15) is 45.3 Å². The minimum absolute atomic E-state index is 0.658.